The fourth-order valence-electron chi connectivity index (χ4n) is 3.96. The van der Waals surface area contributed by atoms with Crippen LogP contribution in [0.15, 0.2) is 11.6 Å². The molecule has 0 aliphatic heterocycles. The van der Waals surface area contributed by atoms with E-state index in [4.69, 9.17) is 9.84 Å². The molecule has 0 heterocycles. The zero-order valence-corrected chi connectivity index (χ0v) is 12.5. The first-order valence-corrected chi connectivity index (χ1v) is 7.30. The highest BCUT2D eigenvalue weighted by Crippen LogP contribution is 2.66. The predicted octanol–water partition coefficient (Wildman–Crippen LogP) is 3.64. The van der Waals surface area contributed by atoms with E-state index in [-0.39, 0.29) is 0 Å². The lowest BCUT2D eigenvalue weighted by molar-refractivity contribution is -0.132. The molecule has 0 spiro atoms. The minimum Gasteiger partial charge on any atom is -0.478 e. The second-order valence-corrected chi connectivity index (χ2v) is 6.95. The first-order chi connectivity index (χ1) is 8.79. The second kappa shape index (κ2) is 4.93. The standard InChI is InChI=1S/C16H26O3/c1-11(14(17)18)6-5-9-19-13-10-12-7-8-16(13,4)15(12,2)3/h6,12-13H,5,7-10H2,1-4H3,(H,17,18). The summed E-state index contributed by atoms with van der Waals surface area (Å²) in [6, 6.07) is 0. The summed E-state index contributed by atoms with van der Waals surface area (Å²) in [6.07, 6.45) is 6.56. The van der Waals surface area contributed by atoms with Gasteiger partial charge in [0.05, 0.1) is 12.7 Å². The summed E-state index contributed by atoms with van der Waals surface area (Å²) in [7, 11) is 0. The Balaban J connectivity index is 1.86. The highest BCUT2D eigenvalue weighted by molar-refractivity contribution is 5.85. The van der Waals surface area contributed by atoms with Gasteiger partial charge in [0, 0.05) is 5.57 Å². The van der Waals surface area contributed by atoms with Gasteiger partial charge in [-0.1, -0.05) is 26.8 Å². The highest BCUT2D eigenvalue weighted by atomic mass is 16.5. The van der Waals surface area contributed by atoms with Crippen molar-refractivity contribution in [2.75, 3.05) is 6.61 Å². The third kappa shape index (κ3) is 2.33. The Hall–Kier alpha value is -0.830. The Kier molecular flexibility index (Phi) is 3.78. The van der Waals surface area contributed by atoms with Crippen LogP contribution in [0.25, 0.3) is 0 Å². The number of hydrogen-bond acceptors (Lipinski definition) is 2. The smallest absolute Gasteiger partial charge is 0.330 e. The summed E-state index contributed by atoms with van der Waals surface area (Å²) >= 11 is 0. The lowest BCUT2D eigenvalue weighted by Gasteiger charge is -2.38. The van der Waals surface area contributed by atoms with Crippen LogP contribution in [0, 0.1) is 16.7 Å². The number of rotatable bonds is 5. The Bertz CT molecular complexity index is 397. The summed E-state index contributed by atoms with van der Waals surface area (Å²) in [5.41, 5.74) is 1.08. The minimum atomic E-state index is -0.840. The molecule has 19 heavy (non-hydrogen) atoms. The maximum Gasteiger partial charge on any atom is 0.330 e. The van der Waals surface area contributed by atoms with Crippen molar-refractivity contribution >= 4 is 5.97 Å². The summed E-state index contributed by atoms with van der Waals surface area (Å²) in [5.74, 6) is -0.0492. The van der Waals surface area contributed by atoms with Gasteiger partial charge in [0.15, 0.2) is 0 Å². The molecule has 2 aliphatic rings. The van der Waals surface area contributed by atoms with Crippen LogP contribution in [0.3, 0.4) is 0 Å². The van der Waals surface area contributed by atoms with E-state index in [9.17, 15) is 4.79 Å². The van der Waals surface area contributed by atoms with Crippen molar-refractivity contribution in [3.63, 3.8) is 0 Å². The van der Waals surface area contributed by atoms with Crippen molar-refractivity contribution in [3.05, 3.63) is 11.6 Å². The average Bonchev–Trinajstić information content (AvgIpc) is 2.66. The monoisotopic (exact) mass is 266 g/mol. The maximum atomic E-state index is 10.7. The molecule has 0 amide bonds. The van der Waals surface area contributed by atoms with Gasteiger partial charge in [0.2, 0.25) is 0 Å². The van der Waals surface area contributed by atoms with Gasteiger partial charge in [-0.05, 0) is 49.4 Å². The van der Waals surface area contributed by atoms with Gasteiger partial charge in [-0.15, -0.1) is 0 Å². The average molecular weight is 266 g/mol. The molecule has 0 aromatic rings. The largest absolute Gasteiger partial charge is 0.478 e. The number of hydrogen-bond donors (Lipinski definition) is 1. The molecule has 2 fully saturated rings. The Morgan fingerprint density at radius 1 is 1.42 bits per heavy atom. The molecule has 3 unspecified atom stereocenters. The van der Waals surface area contributed by atoms with Crippen LogP contribution in [0.1, 0.15) is 53.4 Å². The van der Waals surface area contributed by atoms with E-state index in [0.717, 1.165) is 5.92 Å². The van der Waals surface area contributed by atoms with E-state index in [1.165, 1.54) is 19.3 Å². The van der Waals surface area contributed by atoms with Crippen LogP contribution in [-0.2, 0) is 9.53 Å². The predicted molar refractivity (Wildman–Crippen MR) is 75.0 cm³/mol. The lowest BCUT2D eigenvalue weighted by Crippen LogP contribution is -2.37. The van der Waals surface area contributed by atoms with E-state index in [1.54, 1.807) is 13.0 Å². The third-order valence-corrected chi connectivity index (χ3v) is 5.94. The molecule has 2 bridgehead atoms. The lowest BCUT2D eigenvalue weighted by atomic mass is 9.70. The van der Waals surface area contributed by atoms with Crippen molar-refractivity contribution in [1.29, 1.82) is 0 Å². The zero-order chi connectivity index (χ0) is 14.3. The topological polar surface area (TPSA) is 46.5 Å². The maximum absolute atomic E-state index is 10.7. The fraction of sp³-hybridized carbons (Fsp3) is 0.812. The van der Waals surface area contributed by atoms with Gasteiger partial charge in [-0.25, -0.2) is 4.79 Å². The van der Waals surface area contributed by atoms with E-state index >= 15 is 0 Å². The Morgan fingerprint density at radius 2 is 2.11 bits per heavy atom. The number of fused-ring (bicyclic) bond motifs is 2. The van der Waals surface area contributed by atoms with Gasteiger partial charge >= 0.3 is 5.97 Å². The molecular formula is C16H26O3. The van der Waals surface area contributed by atoms with Gasteiger partial charge < -0.3 is 9.84 Å². The SMILES string of the molecule is CC(=CCCOC1CC2CCC1(C)C2(C)C)C(=O)O. The number of ether oxygens (including phenoxy) is 1. The molecule has 3 atom stereocenters. The van der Waals surface area contributed by atoms with Crippen LogP contribution >= 0.6 is 0 Å². The van der Waals surface area contributed by atoms with Gasteiger partial charge in [0.25, 0.3) is 0 Å². The molecule has 0 saturated heterocycles. The van der Waals surface area contributed by atoms with Gasteiger partial charge in [0.1, 0.15) is 0 Å². The highest BCUT2D eigenvalue weighted by Gasteiger charge is 2.61. The second-order valence-electron chi connectivity index (χ2n) is 6.95. The van der Waals surface area contributed by atoms with Crippen molar-refractivity contribution < 1.29 is 14.6 Å². The minimum absolute atomic E-state index is 0.295. The Morgan fingerprint density at radius 3 is 2.58 bits per heavy atom. The summed E-state index contributed by atoms with van der Waals surface area (Å²) < 4.78 is 6.07. The summed E-state index contributed by atoms with van der Waals surface area (Å²) in [6.45, 7) is 9.38. The molecule has 3 heteroatoms. The first kappa shape index (κ1) is 14.6. The molecule has 108 valence electrons. The van der Waals surface area contributed by atoms with E-state index in [0.29, 0.717) is 35.5 Å². The number of carbonyl (C=O) groups is 1. The third-order valence-electron chi connectivity index (χ3n) is 5.94. The van der Waals surface area contributed by atoms with Crippen LogP contribution in [0.2, 0.25) is 0 Å². The summed E-state index contributed by atoms with van der Waals surface area (Å²) in [5, 5.41) is 8.78. The zero-order valence-electron chi connectivity index (χ0n) is 12.5. The quantitative estimate of drug-likeness (QED) is 0.610. The molecule has 3 nitrogen and oxygen atoms in total. The molecular weight excluding hydrogens is 240 g/mol. The summed E-state index contributed by atoms with van der Waals surface area (Å²) in [4.78, 5) is 10.7. The molecule has 2 aliphatic carbocycles. The van der Waals surface area contributed by atoms with Crippen molar-refractivity contribution in [2.45, 2.75) is 59.5 Å². The number of carboxylic acids is 1. The van der Waals surface area contributed by atoms with Crippen molar-refractivity contribution in [3.8, 4) is 0 Å². The van der Waals surface area contributed by atoms with Crippen molar-refractivity contribution in [2.24, 2.45) is 16.7 Å². The molecule has 2 saturated carbocycles. The van der Waals surface area contributed by atoms with Gasteiger partial charge in [-0.3, -0.25) is 0 Å². The molecule has 0 radical (unpaired) electrons. The normalized spacial score (nSPS) is 36.7. The number of aliphatic carboxylic acids is 1. The van der Waals surface area contributed by atoms with Crippen LogP contribution in [0.5, 0.6) is 0 Å². The van der Waals surface area contributed by atoms with E-state index < -0.39 is 5.97 Å². The van der Waals surface area contributed by atoms with E-state index in [1.807, 2.05) is 0 Å². The first-order valence-electron chi connectivity index (χ1n) is 7.30. The fourth-order valence-corrected chi connectivity index (χ4v) is 3.96. The van der Waals surface area contributed by atoms with Gasteiger partial charge in [-0.2, -0.15) is 0 Å². The Labute approximate surface area is 116 Å². The molecule has 2 rings (SSSR count). The van der Waals surface area contributed by atoms with Crippen LogP contribution in [-0.4, -0.2) is 23.8 Å². The molecule has 0 aromatic carbocycles. The molecule has 0 aromatic heterocycles. The molecule has 1 N–H and O–H groups in total. The number of carboxylic acid groups (broad SMARTS) is 1. The van der Waals surface area contributed by atoms with Crippen molar-refractivity contribution in [1.82, 2.24) is 0 Å². The van der Waals surface area contributed by atoms with Crippen LogP contribution < -0.4 is 0 Å². The van der Waals surface area contributed by atoms with Crippen LogP contribution in [0.4, 0.5) is 0 Å². The van der Waals surface area contributed by atoms with E-state index in [2.05, 4.69) is 20.8 Å².